The van der Waals surface area contributed by atoms with E-state index in [0.29, 0.717) is 13.0 Å². The number of rotatable bonds is 7. The Kier molecular flexibility index (Phi) is 8.57. The highest BCUT2D eigenvalue weighted by Gasteiger charge is 2.25. The van der Waals surface area contributed by atoms with Gasteiger partial charge in [0.1, 0.15) is 5.75 Å². The lowest BCUT2D eigenvalue weighted by Crippen LogP contribution is -2.38. The van der Waals surface area contributed by atoms with Crippen molar-refractivity contribution in [3.63, 3.8) is 0 Å². The summed E-state index contributed by atoms with van der Waals surface area (Å²) in [6.07, 6.45) is 3.48. The van der Waals surface area contributed by atoms with Crippen LogP contribution in [0.15, 0.2) is 24.3 Å². The van der Waals surface area contributed by atoms with Gasteiger partial charge in [-0.05, 0) is 36.5 Å². The van der Waals surface area contributed by atoms with Crippen molar-refractivity contribution in [3.05, 3.63) is 29.8 Å². The topological polar surface area (TPSA) is 93.5 Å². The largest absolute Gasteiger partial charge is 0.497 e. The second kappa shape index (κ2) is 10.2. The molecule has 1 fully saturated rings. The first-order valence-corrected chi connectivity index (χ1v) is 8.00. The number of ether oxygens (including phenoxy) is 1. The first-order chi connectivity index (χ1) is 11.1. The zero-order valence-corrected chi connectivity index (χ0v) is 14.7. The quantitative estimate of drug-likeness (QED) is 0.688. The van der Waals surface area contributed by atoms with Crippen LogP contribution in [0.25, 0.3) is 0 Å². The van der Waals surface area contributed by atoms with Crippen LogP contribution in [0.2, 0.25) is 0 Å². The molecule has 1 aliphatic rings. The van der Waals surface area contributed by atoms with Gasteiger partial charge in [0.2, 0.25) is 11.8 Å². The van der Waals surface area contributed by atoms with E-state index in [1.165, 1.54) is 0 Å². The van der Waals surface area contributed by atoms with Gasteiger partial charge in [-0.1, -0.05) is 18.6 Å². The number of benzene rings is 1. The van der Waals surface area contributed by atoms with Crippen LogP contribution < -0.4 is 21.1 Å². The summed E-state index contributed by atoms with van der Waals surface area (Å²) in [5.74, 6) is 0.714. The predicted molar refractivity (Wildman–Crippen MR) is 95.0 cm³/mol. The van der Waals surface area contributed by atoms with Gasteiger partial charge in [0.25, 0.3) is 0 Å². The van der Waals surface area contributed by atoms with E-state index in [9.17, 15) is 9.59 Å². The number of halogens is 1. The summed E-state index contributed by atoms with van der Waals surface area (Å²) in [5, 5.41) is 5.43. The molecule has 2 atom stereocenters. The molecule has 7 heteroatoms. The second-order valence-corrected chi connectivity index (χ2v) is 5.96. The number of amides is 2. The summed E-state index contributed by atoms with van der Waals surface area (Å²) in [5.41, 5.74) is 6.92. The summed E-state index contributed by atoms with van der Waals surface area (Å²) >= 11 is 0. The van der Waals surface area contributed by atoms with Gasteiger partial charge in [-0.3, -0.25) is 9.59 Å². The monoisotopic (exact) mass is 355 g/mol. The average Bonchev–Trinajstić information content (AvgIpc) is 2.96. The van der Waals surface area contributed by atoms with E-state index in [0.717, 1.165) is 30.6 Å². The van der Waals surface area contributed by atoms with Crippen LogP contribution in [-0.2, 0) is 16.1 Å². The number of carbonyl (C=O) groups is 2. The molecule has 4 N–H and O–H groups in total. The minimum atomic E-state index is -0.204. The molecule has 0 aliphatic heterocycles. The molecule has 0 bridgehead atoms. The maximum atomic E-state index is 11.8. The Bertz CT molecular complexity index is 536. The first kappa shape index (κ1) is 20.3. The summed E-state index contributed by atoms with van der Waals surface area (Å²) in [4.78, 5) is 23.6. The summed E-state index contributed by atoms with van der Waals surface area (Å²) < 4.78 is 5.08. The van der Waals surface area contributed by atoms with Gasteiger partial charge in [0, 0.05) is 19.0 Å². The minimum absolute atomic E-state index is 0. The molecule has 0 spiro atoms. The summed E-state index contributed by atoms with van der Waals surface area (Å²) in [6, 6.07) is 7.57. The molecule has 1 aliphatic carbocycles. The third kappa shape index (κ3) is 6.37. The van der Waals surface area contributed by atoms with E-state index in [1.807, 2.05) is 24.3 Å². The lowest BCUT2D eigenvalue weighted by molar-refractivity contribution is -0.126. The fourth-order valence-corrected chi connectivity index (χ4v) is 2.81. The molecule has 0 heterocycles. The Hall–Kier alpha value is -1.79. The number of methoxy groups -OCH3 is 1. The SMILES string of the molecule is COc1ccc(CNC(=O)CNC(=O)C[C@@H]2CCC[C@H]2N)cc1.Cl. The van der Waals surface area contributed by atoms with Crippen molar-refractivity contribution in [3.8, 4) is 5.75 Å². The molecule has 1 aromatic rings. The normalized spacial score (nSPS) is 19.2. The molecule has 2 rings (SSSR count). The van der Waals surface area contributed by atoms with E-state index < -0.39 is 0 Å². The standard InChI is InChI=1S/C17H25N3O3.ClH/c1-23-14-7-5-12(6-8-14)10-19-17(22)11-20-16(21)9-13-3-2-4-15(13)18;/h5-8,13,15H,2-4,9-11,18H2,1H3,(H,19,22)(H,20,21);1H/t13-,15+;/m0./s1. The van der Waals surface area contributed by atoms with Gasteiger partial charge >= 0.3 is 0 Å². The van der Waals surface area contributed by atoms with Crippen molar-refractivity contribution in [2.75, 3.05) is 13.7 Å². The minimum Gasteiger partial charge on any atom is -0.497 e. The maximum absolute atomic E-state index is 11.8. The smallest absolute Gasteiger partial charge is 0.239 e. The number of nitrogens with two attached hydrogens (primary N) is 1. The van der Waals surface area contributed by atoms with Crippen molar-refractivity contribution in [1.82, 2.24) is 10.6 Å². The molecule has 0 unspecified atom stereocenters. The van der Waals surface area contributed by atoms with Crippen LogP contribution in [0.5, 0.6) is 5.75 Å². The molecule has 0 aromatic heterocycles. The maximum Gasteiger partial charge on any atom is 0.239 e. The van der Waals surface area contributed by atoms with E-state index in [2.05, 4.69) is 10.6 Å². The van der Waals surface area contributed by atoms with Gasteiger partial charge < -0.3 is 21.1 Å². The molecule has 2 amide bonds. The Balaban J connectivity index is 0.00000288. The number of hydrogen-bond donors (Lipinski definition) is 3. The molecule has 1 aromatic carbocycles. The van der Waals surface area contributed by atoms with E-state index in [4.69, 9.17) is 10.5 Å². The summed E-state index contributed by atoms with van der Waals surface area (Å²) in [6.45, 7) is 0.420. The average molecular weight is 356 g/mol. The van der Waals surface area contributed by atoms with Gasteiger partial charge in [0.05, 0.1) is 13.7 Å². The van der Waals surface area contributed by atoms with Crippen LogP contribution in [0.1, 0.15) is 31.2 Å². The molecule has 6 nitrogen and oxygen atoms in total. The molecule has 0 saturated heterocycles. The predicted octanol–water partition coefficient (Wildman–Crippen LogP) is 1.37. The van der Waals surface area contributed by atoms with Crippen molar-refractivity contribution in [2.45, 2.75) is 38.3 Å². The third-order valence-electron chi connectivity index (χ3n) is 4.26. The number of hydrogen-bond acceptors (Lipinski definition) is 4. The van der Waals surface area contributed by atoms with E-state index >= 15 is 0 Å². The van der Waals surface area contributed by atoms with E-state index in [-0.39, 0.29) is 42.7 Å². The van der Waals surface area contributed by atoms with Crippen molar-refractivity contribution in [2.24, 2.45) is 11.7 Å². The van der Waals surface area contributed by atoms with Crippen LogP contribution in [-0.4, -0.2) is 31.5 Å². The second-order valence-electron chi connectivity index (χ2n) is 5.96. The molecular formula is C17H26ClN3O3. The number of carbonyl (C=O) groups excluding carboxylic acids is 2. The lowest BCUT2D eigenvalue weighted by atomic mass is 10.00. The first-order valence-electron chi connectivity index (χ1n) is 8.00. The number of nitrogens with one attached hydrogen (secondary N) is 2. The van der Waals surface area contributed by atoms with Gasteiger partial charge in [-0.2, -0.15) is 0 Å². The molecular weight excluding hydrogens is 330 g/mol. The molecule has 24 heavy (non-hydrogen) atoms. The van der Waals surface area contributed by atoms with Crippen LogP contribution >= 0.6 is 12.4 Å². The fraction of sp³-hybridized carbons (Fsp3) is 0.529. The van der Waals surface area contributed by atoms with Crippen LogP contribution in [0.3, 0.4) is 0 Å². The zero-order valence-electron chi connectivity index (χ0n) is 13.9. The molecule has 0 radical (unpaired) electrons. The highest BCUT2D eigenvalue weighted by molar-refractivity contribution is 5.85. The molecule has 134 valence electrons. The zero-order chi connectivity index (χ0) is 16.7. The van der Waals surface area contributed by atoms with Gasteiger partial charge in [0.15, 0.2) is 0 Å². The third-order valence-corrected chi connectivity index (χ3v) is 4.26. The van der Waals surface area contributed by atoms with Crippen LogP contribution in [0, 0.1) is 5.92 Å². The van der Waals surface area contributed by atoms with Gasteiger partial charge in [-0.15, -0.1) is 12.4 Å². The highest BCUT2D eigenvalue weighted by atomic mass is 35.5. The Morgan fingerprint density at radius 1 is 1.17 bits per heavy atom. The summed E-state index contributed by atoms with van der Waals surface area (Å²) in [7, 11) is 1.61. The fourth-order valence-electron chi connectivity index (χ4n) is 2.81. The van der Waals surface area contributed by atoms with E-state index in [1.54, 1.807) is 7.11 Å². The lowest BCUT2D eigenvalue weighted by Gasteiger charge is -2.14. The Morgan fingerprint density at radius 2 is 1.88 bits per heavy atom. The van der Waals surface area contributed by atoms with Crippen LogP contribution in [0.4, 0.5) is 0 Å². The highest BCUT2D eigenvalue weighted by Crippen LogP contribution is 2.26. The Morgan fingerprint density at radius 3 is 2.46 bits per heavy atom. The van der Waals surface area contributed by atoms with Crippen molar-refractivity contribution >= 4 is 24.2 Å². The van der Waals surface area contributed by atoms with Crippen molar-refractivity contribution < 1.29 is 14.3 Å². The Labute approximate surface area is 148 Å². The van der Waals surface area contributed by atoms with Gasteiger partial charge in [-0.25, -0.2) is 0 Å². The van der Waals surface area contributed by atoms with Crippen molar-refractivity contribution in [1.29, 1.82) is 0 Å². The molecule has 1 saturated carbocycles.